The number of H-pyrrole nitrogens is 1. The number of aromatic nitrogens is 4. The Morgan fingerprint density at radius 2 is 2.09 bits per heavy atom. The molecule has 3 heterocycles. The molecule has 1 saturated heterocycles. The third-order valence-electron chi connectivity index (χ3n) is 4.11. The molecule has 0 saturated carbocycles. The van der Waals surface area contributed by atoms with Gasteiger partial charge >= 0.3 is 0 Å². The van der Waals surface area contributed by atoms with Gasteiger partial charge < -0.3 is 14.6 Å². The summed E-state index contributed by atoms with van der Waals surface area (Å²) in [6.45, 7) is 1.45. The van der Waals surface area contributed by atoms with Crippen molar-refractivity contribution in [1.29, 1.82) is 0 Å². The van der Waals surface area contributed by atoms with E-state index in [2.05, 4.69) is 24.8 Å². The van der Waals surface area contributed by atoms with E-state index in [0.717, 1.165) is 30.7 Å². The van der Waals surface area contributed by atoms with E-state index in [1.54, 1.807) is 18.5 Å². The monoisotopic (exact) mass is 313 g/mol. The van der Waals surface area contributed by atoms with Gasteiger partial charge in [0.25, 0.3) is 0 Å². The van der Waals surface area contributed by atoms with Gasteiger partial charge in [-0.05, 0) is 37.1 Å². The molecule has 0 bridgehead atoms. The van der Waals surface area contributed by atoms with Crippen molar-refractivity contribution in [3.05, 3.63) is 42.7 Å². The number of hydrogen-bond acceptors (Lipinski definition) is 5. The van der Waals surface area contributed by atoms with Gasteiger partial charge in [0, 0.05) is 6.54 Å². The van der Waals surface area contributed by atoms with Gasteiger partial charge in [-0.25, -0.2) is 19.3 Å². The lowest BCUT2D eigenvalue weighted by Crippen LogP contribution is -2.35. The largest absolute Gasteiger partial charge is 0.491 e. The van der Waals surface area contributed by atoms with Gasteiger partial charge in [0.05, 0.1) is 12.4 Å². The van der Waals surface area contributed by atoms with Crippen LogP contribution in [0.15, 0.2) is 36.9 Å². The molecule has 2 aromatic heterocycles. The topological polar surface area (TPSA) is 66.9 Å². The van der Waals surface area contributed by atoms with Crippen LogP contribution < -0.4 is 9.64 Å². The third kappa shape index (κ3) is 2.69. The van der Waals surface area contributed by atoms with E-state index < -0.39 is 0 Å². The van der Waals surface area contributed by atoms with E-state index in [1.165, 1.54) is 18.5 Å². The molecule has 4 rings (SSSR count). The van der Waals surface area contributed by atoms with Crippen LogP contribution in [0.25, 0.3) is 11.2 Å². The maximum atomic E-state index is 12.9. The highest BCUT2D eigenvalue weighted by Crippen LogP contribution is 2.28. The molecule has 1 aliphatic heterocycles. The van der Waals surface area contributed by atoms with Crippen molar-refractivity contribution in [2.75, 3.05) is 18.1 Å². The summed E-state index contributed by atoms with van der Waals surface area (Å²) in [5.41, 5.74) is 1.52. The highest BCUT2D eigenvalue weighted by Gasteiger charge is 2.28. The van der Waals surface area contributed by atoms with E-state index in [1.807, 2.05) is 0 Å². The van der Waals surface area contributed by atoms with Gasteiger partial charge in [-0.3, -0.25) is 0 Å². The molecule has 3 aromatic rings. The third-order valence-corrected chi connectivity index (χ3v) is 4.11. The SMILES string of the molecule is Fc1ccc(OCC2CCCN2c2ncnc3nc[nH]c23)cc1. The number of hydrogen-bond donors (Lipinski definition) is 1. The predicted molar refractivity (Wildman–Crippen MR) is 83.9 cm³/mol. The highest BCUT2D eigenvalue weighted by atomic mass is 19.1. The lowest BCUT2D eigenvalue weighted by molar-refractivity contribution is 0.288. The normalized spacial score (nSPS) is 17.8. The lowest BCUT2D eigenvalue weighted by Gasteiger charge is -2.25. The zero-order valence-electron chi connectivity index (χ0n) is 12.4. The molecular weight excluding hydrogens is 297 g/mol. The number of nitrogens with zero attached hydrogens (tertiary/aromatic N) is 4. The number of imidazole rings is 1. The summed E-state index contributed by atoms with van der Waals surface area (Å²) < 4.78 is 18.8. The minimum Gasteiger partial charge on any atom is -0.491 e. The maximum absolute atomic E-state index is 12.9. The summed E-state index contributed by atoms with van der Waals surface area (Å²) in [6.07, 6.45) is 5.27. The molecule has 0 radical (unpaired) electrons. The number of ether oxygens (including phenoxy) is 1. The van der Waals surface area contributed by atoms with Gasteiger partial charge in [-0.15, -0.1) is 0 Å². The molecule has 1 fully saturated rings. The summed E-state index contributed by atoms with van der Waals surface area (Å²) in [5.74, 6) is 1.27. The van der Waals surface area contributed by atoms with Crippen molar-refractivity contribution < 1.29 is 9.13 Å². The molecule has 0 aliphatic carbocycles. The highest BCUT2D eigenvalue weighted by molar-refractivity contribution is 5.82. The number of fused-ring (bicyclic) bond motifs is 1. The van der Waals surface area contributed by atoms with Crippen LogP contribution in [0, 0.1) is 5.82 Å². The Morgan fingerprint density at radius 3 is 2.96 bits per heavy atom. The van der Waals surface area contributed by atoms with E-state index in [9.17, 15) is 4.39 Å². The van der Waals surface area contributed by atoms with Crippen molar-refractivity contribution in [2.45, 2.75) is 18.9 Å². The lowest BCUT2D eigenvalue weighted by atomic mass is 10.2. The van der Waals surface area contributed by atoms with E-state index in [0.29, 0.717) is 18.0 Å². The van der Waals surface area contributed by atoms with Crippen LogP contribution in [0.4, 0.5) is 10.2 Å². The van der Waals surface area contributed by atoms with Crippen molar-refractivity contribution in [1.82, 2.24) is 19.9 Å². The first-order chi connectivity index (χ1) is 11.3. The summed E-state index contributed by atoms with van der Waals surface area (Å²) in [6, 6.07) is 6.32. The molecule has 0 spiro atoms. The second-order valence-corrected chi connectivity index (χ2v) is 5.55. The number of benzene rings is 1. The van der Waals surface area contributed by atoms with Crippen LogP contribution in [0.3, 0.4) is 0 Å². The number of nitrogens with one attached hydrogen (secondary N) is 1. The summed E-state index contributed by atoms with van der Waals surface area (Å²) in [5, 5.41) is 0. The molecule has 6 nitrogen and oxygen atoms in total. The molecule has 1 aromatic carbocycles. The van der Waals surface area contributed by atoms with E-state index in [4.69, 9.17) is 4.74 Å². The first-order valence-corrected chi connectivity index (χ1v) is 7.60. The summed E-state index contributed by atoms with van der Waals surface area (Å²) >= 11 is 0. The van der Waals surface area contributed by atoms with E-state index in [-0.39, 0.29) is 11.9 Å². The Hall–Kier alpha value is -2.70. The fourth-order valence-electron chi connectivity index (χ4n) is 2.98. The van der Waals surface area contributed by atoms with Crippen molar-refractivity contribution in [2.24, 2.45) is 0 Å². The second kappa shape index (κ2) is 5.83. The first-order valence-electron chi connectivity index (χ1n) is 7.60. The van der Waals surface area contributed by atoms with Gasteiger partial charge in [0.1, 0.15) is 30.0 Å². The van der Waals surface area contributed by atoms with Crippen LogP contribution in [-0.2, 0) is 0 Å². The molecule has 1 N–H and O–H groups in total. The van der Waals surface area contributed by atoms with Gasteiger partial charge in [0.15, 0.2) is 11.5 Å². The predicted octanol–water partition coefficient (Wildman–Crippen LogP) is 2.54. The van der Waals surface area contributed by atoms with Crippen molar-refractivity contribution >= 4 is 17.0 Å². The maximum Gasteiger partial charge on any atom is 0.182 e. The Balaban J connectivity index is 1.52. The average molecular weight is 313 g/mol. The van der Waals surface area contributed by atoms with E-state index >= 15 is 0 Å². The van der Waals surface area contributed by atoms with Crippen LogP contribution in [-0.4, -0.2) is 39.1 Å². The van der Waals surface area contributed by atoms with Gasteiger partial charge in [0.2, 0.25) is 0 Å². The van der Waals surface area contributed by atoms with Crippen LogP contribution in [0.2, 0.25) is 0 Å². The second-order valence-electron chi connectivity index (χ2n) is 5.55. The number of halogens is 1. The Bertz CT molecular complexity index is 804. The number of anilines is 1. The zero-order valence-corrected chi connectivity index (χ0v) is 12.4. The number of aromatic amines is 1. The standard InChI is InChI=1S/C16H16FN5O/c17-11-3-5-13(6-4-11)23-8-12-2-1-7-22(12)16-14-15(19-9-18-14)20-10-21-16/h3-6,9-10,12H,1-2,7-8H2,(H,18,19,20,21). The van der Waals surface area contributed by atoms with Crippen LogP contribution in [0.1, 0.15) is 12.8 Å². The summed E-state index contributed by atoms with van der Waals surface area (Å²) in [4.78, 5) is 18.1. The van der Waals surface area contributed by atoms with Crippen molar-refractivity contribution in [3.63, 3.8) is 0 Å². The minimum atomic E-state index is -0.262. The Labute approximate surface area is 132 Å². The fourth-order valence-corrected chi connectivity index (χ4v) is 2.98. The molecule has 23 heavy (non-hydrogen) atoms. The van der Waals surface area contributed by atoms with Gasteiger partial charge in [-0.1, -0.05) is 0 Å². The first kappa shape index (κ1) is 13.9. The fraction of sp³-hybridized carbons (Fsp3) is 0.312. The number of rotatable bonds is 4. The molecular formula is C16H16FN5O. The van der Waals surface area contributed by atoms with Gasteiger partial charge in [-0.2, -0.15) is 0 Å². The Kier molecular flexibility index (Phi) is 3.53. The van der Waals surface area contributed by atoms with Crippen LogP contribution >= 0.6 is 0 Å². The summed E-state index contributed by atoms with van der Waals surface area (Å²) in [7, 11) is 0. The van der Waals surface area contributed by atoms with Crippen molar-refractivity contribution in [3.8, 4) is 5.75 Å². The minimum absolute atomic E-state index is 0.224. The molecule has 1 unspecified atom stereocenters. The molecule has 0 amide bonds. The molecule has 1 atom stereocenters. The quantitative estimate of drug-likeness (QED) is 0.802. The molecule has 118 valence electrons. The Morgan fingerprint density at radius 1 is 1.22 bits per heavy atom. The van der Waals surface area contributed by atoms with Crippen LogP contribution in [0.5, 0.6) is 5.75 Å². The smallest absolute Gasteiger partial charge is 0.182 e. The molecule has 7 heteroatoms. The zero-order chi connectivity index (χ0) is 15.6. The average Bonchev–Trinajstić information content (AvgIpc) is 3.23. The molecule has 1 aliphatic rings.